The molecule has 0 fully saturated rings. The molecule has 6 nitrogen and oxygen atoms in total. The van der Waals surface area contributed by atoms with Crippen molar-refractivity contribution in [3.8, 4) is 5.75 Å². The number of ether oxygens (including phenoxy) is 1. The van der Waals surface area contributed by atoms with Gasteiger partial charge in [0.2, 0.25) is 5.91 Å². The smallest absolute Gasteiger partial charge is 0.258 e. The highest BCUT2D eigenvalue weighted by Gasteiger charge is 2.16. The Kier molecular flexibility index (Phi) is 8.24. The van der Waals surface area contributed by atoms with Gasteiger partial charge in [0.05, 0.1) is 6.54 Å². The maximum absolute atomic E-state index is 12.9. The number of nitrogens with one attached hydrogen (secondary N) is 2. The summed E-state index contributed by atoms with van der Waals surface area (Å²) >= 11 is 0. The van der Waals surface area contributed by atoms with Crippen molar-refractivity contribution < 1.29 is 14.3 Å². The molecular formula is C27H29N3O3. The van der Waals surface area contributed by atoms with Gasteiger partial charge in [-0.2, -0.15) is 0 Å². The third kappa shape index (κ3) is 6.97. The minimum Gasteiger partial charge on any atom is -0.489 e. The Morgan fingerprint density at radius 1 is 0.909 bits per heavy atom. The predicted octanol–water partition coefficient (Wildman–Crippen LogP) is 5.36. The van der Waals surface area contributed by atoms with E-state index in [1.807, 2.05) is 68.4 Å². The Balaban J connectivity index is 1.51. The summed E-state index contributed by atoms with van der Waals surface area (Å²) in [5, 5.41) is 5.92. The number of amides is 2. The lowest BCUT2D eigenvalue weighted by atomic mass is 10.1. The summed E-state index contributed by atoms with van der Waals surface area (Å²) in [6.07, 6.45) is 0. The molecular weight excluding hydrogens is 414 g/mol. The summed E-state index contributed by atoms with van der Waals surface area (Å²) in [4.78, 5) is 26.9. The topological polar surface area (TPSA) is 70.7 Å². The number of hydrogen-bond donors (Lipinski definition) is 2. The van der Waals surface area contributed by atoms with Gasteiger partial charge in [-0.05, 0) is 80.1 Å². The van der Waals surface area contributed by atoms with E-state index in [1.165, 1.54) is 0 Å². The number of benzene rings is 3. The molecule has 0 saturated carbocycles. The van der Waals surface area contributed by atoms with Gasteiger partial charge in [-0.1, -0.05) is 24.8 Å². The predicted molar refractivity (Wildman–Crippen MR) is 134 cm³/mol. The van der Waals surface area contributed by atoms with E-state index in [-0.39, 0.29) is 18.4 Å². The van der Waals surface area contributed by atoms with Crippen LogP contribution in [0.1, 0.15) is 24.2 Å². The molecule has 0 aliphatic rings. The fourth-order valence-corrected chi connectivity index (χ4v) is 3.17. The first-order chi connectivity index (χ1) is 16.0. The monoisotopic (exact) mass is 443 g/mol. The first-order valence-corrected chi connectivity index (χ1v) is 10.8. The van der Waals surface area contributed by atoms with Gasteiger partial charge in [-0.15, -0.1) is 0 Å². The molecule has 3 aromatic carbocycles. The average Bonchev–Trinajstić information content (AvgIpc) is 2.83. The first kappa shape index (κ1) is 23.6. The van der Waals surface area contributed by atoms with Crippen molar-refractivity contribution in [1.29, 1.82) is 0 Å². The van der Waals surface area contributed by atoms with Gasteiger partial charge in [0.25, 0.3) is 5.91 Å². The number of carbonyl (C=O) groups excluding carboxylic acids is 2. The number of hydrogen-bond acceptors (Lipinski definition) is 4. The molecule has 0 aliphatic carbocycles. The Labute approximate surface area is 194 Å². The van der Waals surface area contributed by atoms with Crippen molar-refractivity contribution >= 4 is 28.9 Å². The highest BCUT2D eigenvalue weighted by atomic mass is 16.5. The second-order valence-electron chi connectivity index (χ2n) is 7.63. The lowest BCUT2D eigenvalue weighted by Gasteiger charge is -2.21. The van der Waals surface area contributed by atoms with Gasteiger partial charge in [0.1, 0.15) is 12.4 Å². The van der Waals surface area contributed by atoms with Gasteiger partial charge in [0, 0.05) is 29.2 Å². The molecule has 0 atom stereocenters. The SMILES string of the molecule is C=C(C)COc1ccc(NCC(=O)Nc2ccc(C(=O)N(CC)c3ccccc3)cc2)cc1. The third-order valence-corrected chi connectivity index (χ3v) is 4.84. The van der Waals surface area contributed by atoms with Crippen LogP contribution < -0.4 is 20.3 Å². The highest BCUT2D eigenvalue weighted by Crippen LogP contribution is 2.19. The second-order valence-corrected chi connectivity index (χ2v) is 7.63. The molecule has 0 heterocycles. The zero-order valence-electron chi connectivity index (χ0n) is 19.0. The van der Waals surface area contributed by atoms with E-state index in [1.54, 1.807) is 29.2 Å². The molecule has 33 heavy (non-hydrogen) atoms. The second kappa shape index (κ2) is 11.5. The van der Waals surface area contributed by atoms with Crippen LogP contribution in [0.2, 0.25) is 0 Å². The summed E-state index contributed by atoms with van der Waals surface area (Å²) in [5.74, 6) is 0.478. The van der Waals surface area contributed by atoms with Gasteiger partial charge in [-0.3, -0.25) is 9.59 Å². The summed E-state index contributed by atoms with van der Waals surface area (Å²) in [7, 11) is 0. The zero-order valence-corrected chi connectivity index (χ0v) is 19.0. The standard InChI is InChI=1S/C27H29N3O3/c1-4-30(24-8-6-5-7-9-24)27(32)21-10-12-23(13-11-21)29-26(31)18-28-22-14-16-25(17-15-22)33-19-20(2)3/h5-17,28H,2,4,18-19H2,1,3H3,(H,29,31). The Morgan fingerprint density at radius 3 is 2.15 bits per heavy atom. The third-order valence-electron chi connectivity index (χ3n) is 4.84. The highest BCUT2D eigenvalue weighted by molar-refractivity contribution is 6.06. The molecule has 170 valence electrons. The van der Waals surface area contributed by atoms with Crippen molar-refractivity contribution in [2.75, 3.05) is 35.2 Å². The molecule has 0 bridgehead atoms. The number of rotatable bonds is 10. The molecule has 0 radical (unpaired) electrons. The van der Waals surface area contributed by atoms with Gasteiger partial charge >= 0.3 is 0 Å². The van der Waals surface area contributed by atoms with Crippen LogP contribution in [0.5, 0.6) is 5.75 Å². The molecule has 3 aromatic rings. The van der Waals surface area contributed by atoms with E-state index in [0.29, 0.717) is 24.4 Å². The largest absolute Gasteiger partial charge is 0.489 e. The van der Waals surface area contributed by atoms with E-state index >= 15 is 0 Å². The van der Waals surface area contributed by atoms with Crippen LogP contribution in [-0.2, 0) is 4.79 Å². The van der Waals surface area contributed by atoms with Crippen molar-refractivity contribution in [2.45, 2.75) is 13.8 Å². The first-order valence-electron chi connectivity index (χ1n) is 10.8. The van der Waals surface area contributed by atoms with Crippen LogP contribution >= 0.6 is 0 Å². The summed E-state index contributed by atoms with van der Waals surface area (Å²) in [6.45, 7) is 8.81. The summed E-state index contributed by atoms with van der Waals surface area (Å²) in [6, 6.07) is 23.9. The molecule has 6 heteroatoms. The number of anilines is 3. The summed E-state index contributed by atoms with van der Waals surface area (Å²) in [5.41, 5.74) is 3.80. The van der Waals surface area contributed by atoms with Crippen LogP contribution in [0, 0.1) is 0 Å². The van der Waals surface area contributed by atoms with E-state index < -0.39 is 0 Å². The fraction of sp³-hybridized carbons (Fsp3) is 0.185. The van der Waals surface area contributed by atoms with Crippen LogP contribution in [0.25, 0.3) is 0 Å². The lowest BCUT2D eigenvalue weighted by molar-refractivity contribution is -0.114. The Morgan fingerprint density at radius 2 is 1.55 bits per heavy atom. The molecule has 0 spiro atoms. The van der Waals surface area contributed by atoms with Crippen molar-refractivity contribution in [3.05, 3.63) is 96.6 Å². The average molecular weight is 444 g/mol. The molecule has 3 rings (SSSR count). The lowest BCUT2D eigenvalue weighted by Crippen LogP contribution is -2.30. The molecule has 0 aromatic heterocycles. The van der Waals surface area contributed by atoms with Crippen LogP contribution in [-0.4, -0.2) is 31.5 Å². The quantitative estimate of drug-likeness (QED) is 0.414. The normalized spacial score (nSPS) is 10.2. The molecule has 2 N–H and O–H groups in total. The van der Waals surface area contributed by atoms with E-state index in [4.69, 9.17) is 4.74 Å². The van der Waals surface area contributed by atoms with Crippen molar-refractivity contribution in [3.63, 3.8) is 0 Å². The van der Waals surface area contributed by atoms with Crippen LogP contribution in [0.15, 0.2) is 91.0 Å². The van der Waals surface area contributed by atoms with Crippen LogP contribution in [0.4, 0.5) is 17.1 Å². The number of para-hydroxylation sites is 1. The minimum atomic E-state index is -0.184. The fourth-order valence-electron chi connectivity index (χ4n) is 3.17. The van der Waals surface area contributed by atoms with E-state index in [9.17, 15) is 9.59 Å². The Hall–Kier alpha value is -4.06. The van der Waals surface area contributed by atoms with Crippen molar-refractivity contribution in [1.82, 2.24) is 0 Å². The number of carbonyl (C=O) groups is 2. The van der Waals surface area contributed by atoms with Gasteiger partial charge < -0.3 is 20.3 Å². The van der Waals surface area contributed by atoms with Gasteiger partial charge in [-0.25, -0.2) is 0 Å². The van der Waals surface area contributed by atoms with E-state index in [0.717, 1.165) is 22.7 Å². The zero-order chi connectivity index (χ0) is 23.6. The summed E-state index contributed by atoms with van der Waals surface area (Å²) < 4.78 is 5.57. The van der Waals surface area contributed by atoms with Gasteiger partial charge in [0.15, 0.2) is 0 Å². The number of nitrogens with zero attached hydrogens (tertiary/aromatic N) is 1. The molecule has 0 aliphatic heterocycles. The molecule has 2 amide bonds. The Bertz CT molecular complexity index is 1080. The van der Waals surface area contributed by atoms with E-state index in [2.05, 4.69) is 17.2 Å². The van der Waals surface area contributed by atoms with Crippen molar-refractivity contribution in [2.24, 2.45) is 0 Å². The maximum atomic E-state index is 12.9. The molecule has 0 unspecified atom stereocenters. The van der Waals surface area contributed by atoms with Crippen LogP contribution in [0.3, 0.4) is 0 Å². The minimum absolute atomic E-state index is 0.0843. The maximum Gasteiger partial charge on any atom is 0.258 e. The molecule has 0 saturated heterocycles.